The lowest BCUT2D eigenvalue weighted by atomic mass is 9.71. The summed E-state index contributed by atoms with van der Waals surface area (Å²) in [6.45, 7) is -11.3. The van der Waals surface area contributed by atoms with Crippen molar-refractivity contribution in [1.29, 1.82) is 0 Å². The number of hydrogen-bond donors (Lipinski definition) is 1. The molecule has 1 aromatic rings. The fourth-order valence-corrected chi connectivity index (χ4v) is 5.38. The van der Waals surface area contributed by atoms with E-state index in [1.54, 1.807) is 24.3 Å². The van der Waals surface area contributed by atoms with Gasteiger partial charge in [-0.1, -0.05) is 37.8 Å². The lowest BCUT2D eigenvalue weighted by Gasteiger charge is -2.41. The monoisotopic (exact) mass is 528 g/mol. The van der Waals surface area contributed by atoms with Crippen LogP contribution in [0.15, 0.2) is 24.3 Å². The maximum atomic E-state index is 11.6. The summed E-state index contributed by atoms with van der Waals surface area (Å²) in [5.41, 5.74) is -0.644. The van der Waals surface area contributed by atoms with E-state index in [4.69, 9.17) is 21.2 Å². The maximum absolute atomic E-state index is 11.6. The standard InChI is InChI=1S/C16H25NO2.C9H17NO.C6H10O/c1-17(2)12-14-7-4-5-10-16(14,18)13-8-6-9-15(11-13)19-3;1-10(2)7-8-5-3-4-6-9(8)11;7-6-4-2-1-3-5-6/h6,8-9,11,14,18H,4-5,7,10,12H2,1-3H3;8H,3-7H2,1-2H3;1-5H2/i2*1D3,2D3;. The highest BCUT2D eigenvalue weighted by Gasteiger charge is 2.40. The predicted molar refractivity (Wildman–Crippen MR) is 151 cm³/mol. The Hall–Kier alpha value is -1.76. The molecule has 0 radical (unpaired) electrons. The summed E-state index contributed by atoms with van der Waals surface area (Å²) in [4.78, 5) is 23.1. The molecule has 3 unspecified atom stereocenters. The first-order chi connectivity index (χ1) is 22.5. The van der Waals surface area contributed by atoms with Crippen LogP contribution in [0, 0.1) is 11.8 Å². The Morgan fingerprint density at radius 3 is 2.22 bits per heavy atom. The SMILES string of the molecule is O=C1CCCCC1.[2H]C([2H])([2H])N(CC1CCCCC1(O)c1cccc(OC)c1)C([2H])([2H])[2H].[2H]C([2H])([2H])N(CC1CCCCC1=O)C([2H])([2H])[2H]. The average Bonchev–Trinajstić information content (AvgIpc) is 2.99. The Morgan fingerprint density at radius 1 is 0.919 bits per heavy atom. The predicted octanol–water partition coefficient (Wildman–Crippen LogP) is 5.46. The van der Waals surface area contributed by atoms with Crippen molar-refractivity contribution in [2.75, 3.05) is 48.1 Å². The molecule has 3 aliphatic carbocycles. The minimum absolute atomic E-state index is 0.0187. The molecular formula is C31H52N2O4. The highest BCUT2D eigenvalue weighted by atomic mass is 16.5. The van der Waals surface area contributed by atoms with Gasteiger partial charge in [0.2, 0.25) is 0 Å². The summed E-state index contributed by atoms with van der Waals surface area (Å²) >= 11 is 0. The zero-order chi connectivity index (χ0) is 37.3. The van der Waals surface area contributed by atoms with Crippen molar-refractivity contribution in [1.82, 2.24) is 9.80 Å². The van der Waals surface area contributed by atoms with Crippen LogP contribution >= 0.6 is 0 Å². The molecule has 0 amide bonds. The second kappa shape index (κ2) is 16.3. The van der Waals surface area contributed by atoms with Gasteiger partial charge < -0.3 is 19.6 Å². The normalized spacial score (nSPS) is 32.3. The zero-order valence-corrected chi connectivity index (χ0v) is 22.1. The number of hydrogen-bond acceptors (Lipinski definition) is 6. The number of carbonyl (C=O) groups is 2. The van der Waals surface area contributed by atoms with Gasteiger partial charge in [0.25, 0.3) is 0 Å². The molecule has 0 aliphatic heterocycles. The molecule has 210 valence electrons. The molecule has 0 aromatic heterocycles. The van der Waals surface area contributed by atoms with Gasteiger partial charge in [-0.15, -0.1) is 0 Å². The fourth-order valence-electron chi connectivity index (χ4n) is 5.38. The Kier molecular flexibility index (Phi) is 7.80. The molecule has 0 bridgehead atoms. The molecular weight excluding hydrogens is 464 g/mol. The van der Waals surface area contributed by atoms with E-state index in [9.17, 15) is 14.7 Å². The van der Waals surface area contributed by atoms with Crippen molar-refractivity contribution in [3.8, 4) is 5.75 Å². The molecule has 6 nitrogen and oxygen atoms in total. The van der Waals surface area contributed by atoms with Crippen molar-refractivity contribution in [3.63, 3.8) is 0 Å². The number of ether oxygens (including phenoxy) is 1. The third-order valence-electron chi connectivity index (χ3n) is 7.50. The van der Waals surface area contributed by atoms with E-state index in [-0.39, 0.29) is 18.9 Å². The first-order valence-electron chi connectivity index (χ1n) is 19.5. The van der Waals surface area contributed by atoms with Gasteiger partial charge in [-0.05, 0) is 84.1 Å². The molecule has 1 N–H and O–H groups in total. The highest BCUT2D eigenvalue weighted by Crippen LogP contribution is 2.42. The van der Waals surface area contributed by atoms with Crippen LogP contribution in [0.1, 0.15) is 105 Å². The third-order valence-corrected chi connectivity index (χ3v) is 7.50. The number of nitrogens with zero attached hydrogens (tertiary/aromatic N) is 2. The van der Waals surface area contributed by atoms with Gasteiger partial charge >= 0.3 is 0 Å². The van der Waals surface area contributed by atoms with Crippen LogP contribution in [0.25, 0.3) is 0 Å². The summed E-state index contributed by atoms with van der Waals surface area (Å²) in [5, 5.41) is 11.4. The van der Waals surface area contributed by atoms with E-state index >= 15 is 0 Å². The summed E-state index contributed by atoms with van der Waals surface area (Å²) in [6.07, 6.45) is 10.6. The van der Waals surface area contributed by atoms with Crippen LogP contribution in [0.3, 0.4) is 0 Å². The third kappa shape index (κ3) is 10.9. The van der Waals surface area contributed by atoms with Gasteiger partial charge in [0.1, 0.15) is 17.3 Å². The first-order valence-corrected chi connectivity index (χ1v) is 13.5. The number of Topliss-reactive ketones (excluding diaryl/α,β-unsaturated/α-hetero) is 2. The summed E-state index contributed by atoms with van der Waals surface area (Å²) in [6, 6.07) is 7.04. The smallest absolute Gasteiger partial charge is 0.137 e. The fraction of sp³-hybridized carbons (Fsp3) is 0.742. The molecule has 37 heavy (non-hydrogen) atoms. The number of methoxy groups -OCH3 is 1. The Labute approximate surface area is 242 Å². The molecule has 3 aliphatic rings. The molecule has 3 atom stereocenters. The van der Waals surface area contributed by atoms with Gasteiger partial charge in [-0.3, -0.25) is 9.59 Å². The molecule has 4 rings (SSSR count). The largest absolute Gasteiger partial charge is 0.497 e. The molecule has 0 heterocycles. The van der Waals surface area contributed by atoms with Gasteiger partial charge in [-0.25, -0.2) is 0 Å². The molecule has 1 aromatic carbocycles. The summed E-state index contributed by atoms with van der Waals surface area (Å²) in [7, 11) is 1.53. The van der Waals surface area contributed by atoms with E-state index < -0.39 is 45.3 Å². The van der Waals surface area contributed by atoms with Gasteiger partial charge in [0, 0.05) is 60.6 Å². The zero-order valence-electron chi connectivity index (χ0n) is 34.1. The van der Waals surface area contributed by atoms with Crippen LogP contribution in [-0.2, 0) is 15.2 Å². The van der Waals surface area contributed by atoms with Crippen molar-refractivity contribution in [3.05, 3.63) is 29.8 Å². The summed E-state index contributed by atoms with van der Waals surface area (Å²) in [5.74, 6) is 0.0959. The van der Waals surface area contributed by atoms with Crippen LogP contribution < -0.4 is 4.74 Å². The molecule has 3 fully saturated rings. The van der Waals surface area contributed by atoms with E-state index in [0.717, 1.165) is 51.4 Å². The number of benzene rings is 1. The number of rotatable bonds is 6. The van der Waals surface area contributed by atoms with Crippen molar-refractivity contribution >= 4 is 11.6 Å². The minimum atomic E-state index is -2.75. The number of carbonyl (C=O) groups excluding carboxylic acids is 2. The van der Waals surface area contributed by atoms with Crippen molar-refractivity contribution in [2.45, 2.75) is 89.1 Å². The minimum Gasteiger partial charge on any atom is -0.497 e. The van der Waals surface area contributed by atoms with Gasteiger partial charge in [-0.2, -0.15) is 0 Å². The Balaban J connectivity index is 0.000000297. The molecule has 6 heteroatoms. The number of ketones is 2. The molecule has 0 spiro atoms. The Bertz CT molecular complexity index is 1170. The Morgan fingerprint density at radius 2 is 1.59 bits per heavy atom. The van der Waals surface area contributed by atoms with Gasteiger partial charge in [0.15, 0.2) is 0 Å². The maximum Gasteiger partial charge on any atom is 0.137 e. The first kappa shape index (κ1) is 17.8. The highest BCUT2D eigenvalue weighted by molar-refractivity contribution is 5.81. The number of aliphatic hydroxyl groups is 1. The van der Waals surface area contributed by atoms with E-state index in [0.29, 0.717) is 52.6 Å². The van der Waals surface area contributed by atoms with Crippen molar-refractivity contribution in [2.24, 2.45) is 11.8 Å². The molecule has 3 saturated carbocycles. The van der Waals surface area contributed by atoms with Crippen LogP contribution in [0.2, 0.25) is 0 Å². The van der Waals surface area contributed by atoms with Gasteiger partial charge in [0.05, 0.1) is 12.7 Å². The summed E-state index contributed by atoms with van der Waals surface area (Å²) < 4.78 is 93.9. The van der Waals surface area contributed by atoms with Crippen LogP contribution in [-0.4, -0.2) is 74.6 Å². The van der Waals surface area contributed by atoms with Crippen LogP contribution in [0.5, 0.6) is 5.75 Å². The van der Waals surface area contributed by atoms with E-state index in [1.165, 1.54) is 13.5 Å². The topological polar surface area (TPSA) is 70.1 Å². The molecule has 0 saturated heterocycles. The second-order valence-electron chi connectivity index (χ2n) is 10.3. The lowest BCUT2D eigenvalue weighted by molar-refractivity contribution is -0.125. The van der Waals surface area contributed by atoms with E-state index in [1.807, 2.05) is 0 Å². The second-order valence-corrected chi connectivity index (χ2v) is 10.3. The van der Waals surface area contributed by atoms with Crippen LogP contribution in [0.4, 0.5) is 0 Å². The quantitative estimate of drug-likeness (QED) is 0.529. The average molecular weight is 529 g/mol. The van der Waals surface area contributed by atoms with E-state index in [2.05, 4.69) is 0 Å². The van der Waals surface area contributed by atoms with Crippen molar-refractivity contribution < 1.29 is 35.9 Å². The lowest BCUT2D eigenvalue weighted by Crippen LogP contribution is -2.43.